The molecule has 0 aliphatic carbocycles. The van der Waals surface area contributed by atoms with Crippen molar-refractivity contribution in [2.24, 2.45) is 0 Å². The van der Waals surface area contributed by atoms with Crippen molar-refractivity contribution < 1.29 is 9.18 Å². The first-order valence-electron chi connectivity index (χ1n) is 5.22. The molecule has 2 aromatic rings. The van der Waals surface area contributed by atoms with Gasteiger partial charge in [0.15, 0.2) is 0 Å². The van der Waals surface area contributed by atoms with Crippen LogP contribution < -0.4 is 4.90 Å². The molecule has 92 valence electrons. The summed E-state index contributed by atoms with van der Waals surface area (Å²) in [7, 11) is 1.60. The Morgan fingerprint density at radius 2 is 1.94 bits per heavy atom. The molecule has 1 aromatic carbocycles. The number of aromatic nitrogens is 1. The lowest BCUT2D eigenvalue weighted by molar-refractivity contribution is 0.0989. The molecule has 0 aliphatic heterocycles. The molecule has 1 heterocycles. The van der Waals surface area contributed by atoms with Gasteiger partial charge in [0, 0.05) is 29.6 Å². The summed E-state index contributed by atoms with van der Waals surface area (Å²) in [6.07, 6.45) is 3.16. The molecule has 0 saturated heterocycles. The number of carbonyl (C=O) groups excluding carboxylic acids is 1. The zero-order valence-corrected chi connectivity index (χ0v) is 11.2. The molecule has 1 aromatic heterocycles. The highest BCUT2D eigenvalue weighted by molar-refractivity contribution is 9.10. The monoisotopic (exact) mass is 308 g/mol. The van der Waals surface area contributed by atoms with E-state index in [9.17, 15) is 9.18 Å². The van der Waals surface area contributed by atoms with Gasteiger partial charge < -0.3 is 4.90 Å². The van der Waals surface area contributed by atoms with Crippen molar-refractivity contribution in [1.29, 1.82) is 0 Å². The summed E-state index contributed by atoms with van der Waals surface area (Å²) in [6, 6.07) is 7.66. The number of nitrogens with zero attached hydrogens (tertiary/aromatic N) is 2. The topological polar surface area (TPSA) is 33.2 Å². The summed E-state index contributed by atoms with van der Waals surface area (Å²) in [6.45, 7) is 0. The molecule has 0 atom stereocenters. The minimum atomic E-state index is -0.538. The van der Waals surface area contributed by atoms with Gasteiger partial charge >= 0.3 is 0 Å². The third-order valence-corrected chi connectivity index (χ3v) is 3.01. The Hall–Kier alpha value is -1.75. The van der Waals surface area contributed by atoms with Crippen molar-refractivity contribution in [2.75, 3.05) is 11.9 Å². The van der Waals surface area contributed by atoms with Gasteiger partial charge in [-0.15, -0.1) is 0 Å². The first-order chi connectivity index (χ1) is 8.59. The van der Waals surface area contributed by atoms with Crippen LogP contribution in [0.5, 0.6) is 0 Å². The van der Waals surface area contributed by atoms with E-state index >= 15 is 0 Å². The smallest absolute Gasteiger partial charge is 0.261 e. The molecule has 0 saturated carbocycles. The lowest BCUT2D eigenvalue weighted by Crippen LogP contribution is -2.27. The number of hydrogen-bond donors (Lipinski definition) is 0. The van der Waals surface area contributed by atoms with E-state index in [2.05, 4.69) is 20.9 Å². The van der Waals surface area contributed by atoms with Gasteiger partial charge in [0.1, 0.15) is 5.82 Å². The first-order valence-corrected chi connectivity index (χ1v) is 6.02. The predicted molar refractivity (Wildman–Crippen MR) is 71.1 cm³/mol. The lowest BCUT2D eigenvalue weighted by atomic mass is 10.2. The second-order valence-electron chi connectivity index (χ2n) is 3.69. The van der Waals surface area contributed by atoms with Gasteiger partial charge in [-0.05, 0) is 30.3 Å². The molecular weight excluding hydrogens is 299 g/mol. The number of benzene rings is 1. The second-order valence-corrected chi connectivity index (χ2v) is 4.61. The molecule has 0 N–H and O–H groups in total. The Morgan fingerprint density at radius 3 is 2.61 bits per heavy atom. The van der Waals surface area contributed by atoms with E-state index < -0.39 is 11.7 Å². The van der Waals surface area contributed by atoms with Gasteiger partial charge in [-0.25, -0.2) is 4.39 Å². The normalized spacial score (nSPS) is 10.2. The van der Waals surface area contributed by atoms with E-state index in [-0.39, 0.29) is 5.56 Å². The zero-order chi connectivity index (χ0) is 13.1. The van der Waals surface area contributed by atoms with Crippen LogP contribution in [0.15, 0.2) is 47.2 Å². The van der Waals surface area contributed by atoms with E-state index in [0.717, 1.165) is 0 Å². The van der Waals surface area contributed by atoms with Crippen molar-refractivity contribution in [3.63, 3.8) is 0 Å². The Morgan fingerprint density at radius 1 is 1.28 bits per heavy atom. The van der Waals surface area contributed by atoms with Crippen LogP contribution in [-0.4, -0.2) is 17.9 Å². The number of amides is 1. The number of rotatable bonds is 2. The Bertz CT molecular complexity index is 574. The average molecular weight is 309 g/mol. The van der Waals surface area contributed by atoms with Gasteiger partial charge in [0.25, 0.3) is 5.91 Å². The van der Waals surface area contributed by atoms with Gasteiger partial charge in [0.05, 0.1) is 5.56 Å². The summed E-state index contributed by atoms with van der Waals surface area (Å²) >= 11 is 3.22. The largest absolute Gasteiger partial charge is 0.311 e. The highest BCUT2D eigenvalue weighted by Crippen LogP contribution is 2.19. The fourth-order valence-electron chi connectivity index (χ4n) is 1.53. The minimum absolute atomic E-state index is 0.0312. The third-order valence-electron chi connectivity index (χ3n) is 2.51. The maximum Gasteiger partial charge on any atom is 0.261 e. The summed E-state index contributed by atoms with van der Waals surface area (Å²) < 4.78 is 14.3. The fourth-order valence-corrected chi connectivity index (χ4v) is 1.89. The molecule has 5 heteroatoms. The highest BCUT2D eigenvalue weighted by Gasteiger charge is 2.17. The molecule has 3 nitrogen and oxygen atoms in total. The van der Waals surface area contributed by atoms with Crippen LogP contribution in [0.2, 0.25) is 0 Å². The Labute approximate surface area is 112 Å². The maximum atomic E-state index is 13.6. The molecule has 0 aliphatic rings. The van der Waals surface area contributed by atoms with Gasteiger partial charge in [-0.2, -0.15) is 0 Å². The molecule has 0 unspecified atom stereocenters. The van der Waals surface area contributed by atoms with Crippen molar-refractivity contribution >= 4 is 27.5 Å². The Balaban J connectivity index is 2.34. The van der Waals surface area contributed by atoms with E-state index in [0.29, 0.717) is 10.2 Å². The minimum Gasteiger partial charge on any atom is -0.311 e. The number of pyridine rings is 1. The van der Waals surface area contributed by atoms with Crippen LogP contribution in [0, 0.1) is 5.82 Å². The quantitative estimate of drug-likeness (QED) is 0.853. The molecule has 1 amide bonds. The van der Waals surface area contributed by atoms with E-state index in [4.69, 9.17) is 0 Å². The van der Waals surface area contributed by atoms with Crippen molar-refractivity contribution in [1.82, 2.24) is 4.98 Å². The average Bonchev–Trinajstić information content (AvgIpc) is 2.41. The lowest BCUT2D eigenvalue weighted by Gasteiger charge is -2.17. The van der Waals surface area contributed by atoms with E-state index in [1.54, 1.807) is 37.6 Å². The predicted octanol–water partition coefficient (Wildman–Crippen LogP) is 3.26. The SMILES string of the molecule is CN(C(=O)c1cc(Br)ccc1F)c1ccncc1. The van der Waals surface area contributed by atoms with Crippen LogP contribution in [0.3, 0.4) is 0 Å². The van der Waals surface area contributed by atoms with Crippen LogP contribution >= 0.6 is 15.9 Å². The number of halogens is 2. The molecule has 2 rings (SSSR count). The van der Waals surface area contributed by atoms with Crippen LogP contribution in [0.25, 0.3) is 0 Å². The van der Waals surface area contributed by atoms with Gasteiger partial charge in [0.2, 0.25) is 0 Å². The standard InChI is InChI=1S/C13H10BrFN2O/c1-17(10-4-6-16-7-5-10)13(18)11-8-9(14)2-3-12(11)15/h2-8H,1H3. The molecule has 18 heavy (non-hydrogen) atoms. The molecule has 0 fully saturated rings. The van der Waals surface area contributed by atoms with Gasteiger partial charge in [-0.3, -0.25) is 9.78 Å². The Kier molecular flexibility index (Phi) is 3.72. The number of anilines is 1. The molecule has 0 spiro atoms. The third kappa shape index (κ3) is 2.56. The maximum absolute atomic E-state index is 13.6. The van der Waals surface area contributed by atoms with Crippen molar-refractivity contribution in [3.8, 4) is 0 Å². The van der Waals surface area contributed by atoms with E-state index in [1.165, 1.54) is 17.0 Å². The van der Waals surface area contributed by atoms with Crippen LogP contribution in [0.1, 0.15) is 10.4 Å². The van der Waals surface area contributed by atoms with E-state index in [1.807, 2.05) is 0 Å². The molecule has 0 bridgehead atoms. The molecule has 0 radical (unpaired) electrons. The number of hydrogen-bond acceptors (Lipinski definition) is 2. The zero-order valence-electron chi connectivity index (χ0n) is 9.60. The van der Waals surface area contributed by atoms with Crippen molar-refractivity contribution in [2.45, 2.75) is 0 Å². The number of carbonyl (C=O) groups is 1. The first kappa shape index (κ1) is 12.7. The van der Waals surface area contributed by atoms with Crippen molar-refractivity contribution in [3.05, 3.63) is 58.6 Å². The summed E-state index contributed by atoms with van der Waals surface area (Å²) in [5.74, 6) is -0.941. The molecular formula is C13H10BrFN2O. The highest BCUT2D eigenvalue weighted by atomic mass is 79.9. The van der Waals surface area contributed by atoms with Crippen LogP contribution in [-0.2, 0) is 0 Å². The second kappa shape index (κ2) is 5.27. The van der Waals surface area contributed by atoms with Gasteiger partial charge in [-0.1, -0.05) is 15.9 Å². The van der Waals surface area contributed by atoms with Crippen LogP contribution in [0.4, 0.5) is 10.1 Å². The summed E-state index contributed by atoms with van der Waals surface area (Å²) in [5, 5.41) is 0. The summed E-state index contributed by atoms with van der Waals surface area (Å²) in [5.41, 5.74) is 0.693. The summed E-state index contributed by atoms with van der Waals surface area (Å²) in [4.78, 5) is 17.4. The fraction of sp³-hybridized carbons (Fsp3) is 0.0769.